The van der Waals surface area contributed by atoms with E-state index in [2.05, 4.69) is 29.1 Å². The number of hydrogen-bond acceptors (Lipinski definition) is 2. The largest absolute Gasteiger partial charge is 0.346 e. The van der Waals surface area contributed by atoms with Gasteiger partial charge in [-0.05, 0) is 24.5 Å². The van der Waals surface area contributed by atoms with E-state index in [-0.39, 0.29) is 17.9 Å². The van der Waals surface area contributed by atoms with Gasteiger partial charge in [0.25, 0.3) is 0 Å². The summed E-state index contributed by atoms with van der Waals surface area (Å²) in [5.41, 5.74) is 1.95. The van der Waals surface area contributed by atoms with Crippen LogP contribution in [0.15, 0.2) is 24.3 Å². The third kappa shape index (κ3) is 3.38. The molecule has 4 heteroatoms. The van der Waals surface area contributed by atoms with E-state index in [1.165, 1.54) is 0 Å². The first-order chi connectivity index (χ1) is 9.47. The molecule has 0 saturated heterocycles. The molecule has 4 nitrogen and oxygen atoms in total. The van der Waals surface area contributed by atoms with Crippen molar-refractivity contribution in [1.82, 2.24) is 15.3 Å². The van der Waals surface area contributed by atoms with Gasteiger partial charge in [0.2, 0.25) is 5.91 Å². The van der Waals surface area contributed by atoms with Crippen LogP contribution in [0.1, 0.15) is 46.0 Å². The maximum Gasteiger partial charge on any atom is 0.223 e. The molecule has 2 rings (SSSR count). The lowest BCUT2D eigenvalue weighted by Crippen LogP contribution is -2.33. The number of carbonyl (C=O) groups is 1. The van der Waals surface area contributed by atoms with Crippen LogP contribution in [0.5, 0.6) is 0 Å². The number of H-pyrrole nitrogens is 1. The molecule has 108 valence electrons. The van der Waals surface area contributed by atoms with Gasteiger partial charge < -0.3 is 10.3 Å². The lowest BCUT2D eigenvalue weighted by molar-refractivity contribution is -0.124. The molecule has 2 aromatic rings. The number of fused-ring (bicyclic) bond motifs is 1. The maximum absolute atomic E-state index is 12.0. The molecule has 20 heavy (non-hydrogen) atoms. The summed E-state index contributed by atoms with van der Waals surface area (Å²) in [4.78, 5) is 19.9. The molecule has 0 unspecified atom stereocenters. The van der Waals surface area contributed by atoms with Crippen molar-refractivity contribution < 1.29 is 4.79 Å². The van der Waals surface area contributed by atoms with Crippen LogP contribution >= 0.6 is 0 Å². The number of nitrogens with one attached hydrogen (secondary N) is 2. The van der Waals surface area contributed by atoms with Gasteiger partial charge in [0.05, 0.1) is 17.1 Å². The third-order valence-electron chi connectivity index (χ3n) is 3.29. The normalized spacial score (nSPS) is 13.1. The molecule has 2 N–H and O–H groups in total. The first-order valence-electron chi connectivity index (χ1n) is 7.22. The summed E-state index contributed by atoms with van der Waals surface area (Å²) in [6, 6.07) is 7.87. The van der Waals surface area contributed by atoms with Crippen molar-refractivity contribution in [2.45, 2.75) is 40.2 Å². The Bertz CT molecular complexity index is 553. The van der Waals surface area contributed by atoms with E-state index >= 15 is 0 Å². The molecule has 1 heterocycles. The Balaban J connectivity index is 2.27. The van der Waals surface area contributed by atoms with Crippen LogP contribution in [-0.2, 0) is 4.79 Å². The second-order valence-corrected chi connectivity index (χ2v) is 5.98. The zero-order chi connectivity index (χ0) is 14.7. The fourth-order valence-corrected chi connectivity index (χ4v) is 2.19. The highest BCUT2D eigenvalue weighted by molar-refractivity contribution is 5.79. The summed E-state index contributed by atoms with van der Waals surface area (Å²) in [5.74, 6) is 1.37. The molecule has 1 aromatic heterocycles. The SMILES string of the molecule is CC(C)C[C@H](NC(=O)C(C)C)c1nc2ccccc2[nH]1. The van der Waals surface area contributed by atoms with Gasteiger partial charge in [-0.1, -0.05) is 39.8 Å². The summed E-state index contributed by atoms with van der Waals surface area (Å²) < 4.78 is 0. The van der Waals surface area contributed by atoms with Crippen molar-refractivity contribution >= 4 is 16.9 Å². The topological polar surface area (TPSA) is 57.8 Å². The minimum atomic E-state index is -0.0581. The van der Waals surface area contributed by atoms with Crippen LogP contribution in [-0.4, -0.2) is 15.9 Å². The zero-order valence-corrected chi connectivity index (χ0v) is 12.6. The first kappa shape index (κ1) is 14.6. The fourth-order valence-electron chi connectivity index (χ4n) is 2.19. The van der Waals surface area contributed by atoms with E-state index in [1.807, 2.05) is 38.1 Å². The molecule has 0 bridgehead atoms. The Hall–Kier alpha value is -1.84. The summed E-state index contributed by atoms with van der Waals surface area (Å²) in [6.45, 7) is 8.11. The van der Waals surface area contributed by atoms with Crippen molar-refractivity contribution in [1.29, 1.82) is 0 Å². The van der Waals surface area contributed by atoms with E-state index in [4.69, 9.17) is 0 Å². The molecule has 0 fully saturated rings. The number of amides is 1. The van der Waals surface area contributed by atoms with Crippen molar-refractivity contribution in [3.63, 3.8) is 0 Å². The number of carbonyl (C=O) groups excluding carboxylic acids is 1. The van der Waals surface area contributed by atoms with E-state index in [9.17, 15) is 4.79 Å². The molecule has 0 aliphatic heterocycles. The van der Waals surface area contributed by atoms with E-state index in [1.54, 1.807) is 0 Å². The summed E-state index contributed by atoms with van der Waals surface area (Å²) in [6.07, 6.45) is 0.873. The van der Waals surface area contributed by atoms with Gasteiger partial charge in [-0.25, -0.2) is 4.98 Å². The van der Waals surface area contributed by atoms with Gasteiger partial charge in [-0.2, -0.15) is 0 Å². The summed E-state index contributed by atoms with van der Waals surface area (Å²) >= 11 is 0. The summed E-state index contributed by atoms with van der Waals surface area (Å²) in [5, 5.41) is 3.09. The van der Waals surface area contributed by atoms with Gasteiger partial charge in [-0.15, -0.1) is 0 Å². The van der Waals surface area contributed by atoms with Crippen LogP contribution in [0.4, 0.5) is 0 Å². The number of hydrogen-bond donors (Lipinski definition) is 2. The number of aromatic amines is 1. The molecule has 0 aliphatic rings. The highest BCUT2D eigenvalue weighted by Gasteiger charge is 2.20. The highest BCUT2D eigenvalue weighted by Crippen LogP contribution is 2.22. The molecule has 1 amide bonds. The van der Waals surface area contributed by atoms with Crippen molar-refractivity contribution in [3.8, 4) is 0 Å². The van der Waals surface area contributed by atoms with Crippen molar-refractivity contribution in [3.05, 3.63) is 30.1 Å². The van der Waals surface area contributed by atoms with Crippen molar-refractivity contribution in [2.75, 3.05) is 0 Å². The van der Waals surface area contributed by atoms with E-state index < -0.39 is 0 Å². The minimum absolute atomic E-state index is 0.0194. The van der Waals surface area contributed by atoms with Crippen LogP contribution < -0.4 is 5.32 Å². The zero-order valence-electron chi connectivity index (χ0n) is 12.6. The van der Waals surface area contributed by atoms with Gasteiger partial charge in [0, 0.05) is 5.92 Å². The number of nitrogens with zero attached hydrogens (tertiary/aromatic N) is 1. The monoisotopic (exact) mass is 273 g/mol. The number of benzene rings is 1. The summed E-state index contributed by atoms with van der Waals surface area (Å²) in [7, 11) is 0. The fraction of sp³-hybridized carbons (Fsp3) is 0.500. The highest BCUT2D eigenvalue weighted by atomic mass is 16.1. The van der Waals surface area contributed by atoms with Crippen LogP contribution in [0.25, 0.3) is 11.0 Å². The Morgan fingerprint density at radius 2 is 1.95 bits per heavy atom. The van der Waals surface area contributed by atoms with Crippen molar-refractivity contribution in [2.24, 2.45) is 11.8 Å². The first-order valence-corrected chi connectivity index (χ1v) is 7.22. The van der Waals surface area contributed by atoms with Crippen LogP contribution in [0.3, 0.4) is 0 Å². The number of rotatable bonds is 5. The average molecular weight is 273 g/mol. The lowest BCUT2D eigenvalue weighted by atomic mass is 10.0. The molecule has 0 spiro atoms. The van der Waals surface area contributed by atoms with E-state index in [0.29, 0.717) is 5.92 Å². The van der Waals surface area contributed by atoms with Gasteiger partial charge in [0.15, 0.2) is 0 Å². The number of imidazole rings is 1. The number of aromatic nitrogens is 2. The molecule has 0 aliphatic carbocycles. The second-order valence-electron chi connectivity index (χ2n) is 5.98. The van der Waals surface area contributed by atoms with E-state index in [0.717, 1.165) is 23.3 Å². The molecular weight excluding hydrogens is 250 g/mol. The lowest BCUT2D eigenvalue weighted by Gasteiger charge is -2.19. The number of para-hydroxylation sites is 2. The Morgan fingerprint density at radius 3 is 2.55 bits per heavy atom. The third-order valence-corrected chi connectivity index (χ3v) is 3.29. The Morgan fingerprint density at radius 1 is 1.25 bits per heavy atom. The molecule has 0 saturated carbocycles. The maximum atomic E-state index is 12.0. The predicted molar refractivity (Wildman–Crippen MR) is 81.3 cm³/mol. The minimum Gasteiger partial charge on any atom is -0.346 e. The quantitative estimate of drug-likeness (QED) is 0.877. The molecule has 1 atom stereocenters. The van der Waals surface area contributed by atoms with Crippen LogP contribution in [0.2, 0.25) is 0 Å². The molecular formula is C16H23N3O. The smallest absolute Gasteiger partial charge is 0.223 e. The predicted octanol–water partition coefficient (Wildman–Crippen LogP) is 3.42. The average Bonchev–Trinajstić information content (AvgIpc) is 2.80. The Kier molecular flexibility index (Phi) is 4.42. The Labute approximate surface area is 120 Å². The molecule has 0 radical (unpaired) electrons. The standard InChI is InChI=1S/C16H23N3O/c1-10(2)9-14(19-16(20)11(3)4)15-17-12-7-5-6-8-13(12)18-15/h5-8,10-11,14H,9H2,1-4H3,(H,17,18)(H,19,20)/t14-/m0/s1. The van der Waals surface area contributed by atoms with Crippen LogP contribution in [0, 0.1) is 11.8 Å². The molecule has 1 aromatic carbocycles. The second kappa shape index (κ2) is 6.07. The van der Waals surface area contributed by atoms with Gasteiger partial charge >= 0.3 is 0 Å². The van der Waals surface area contributed by atoms with Gasteiger partial charge in [-0.3, -0.25) is 4.79 Å². The van der Waals surface area contributed by atoms with Gasteiger partial charge in [0.1, 0.15) is 5.82 Å².